The number of cyclic esters (lactones) is 1. The molecular weight excluding hydrogens is 343 g/mol. The van der Waals surface area contributed by atoms with Crippen LogP contribution in [0.25, 0.3) is 0 Å². The average Bonchev–Trinajstić information content (AvgIpc) is 2.54. The van der Waals surface area contributed by atoms with E-state index in [1.165, 1.54) is 23.1 Å². The molecule has 1 heterocycles. The van der Waals surface area contributed by atoms with Gasteiger partial charge >= 0.3 is 6.09 Å². The van der Waals surface area contributed by atoms with E-state index < -0.39 is 22.9 Å². The number of benzene rings is 2. The van der Waals surface area contributed by atoms with Crippen LogP contribution < -0.4 is 9.62 Å². The van der Waals surface area contributed by atoms with Crippen molar-refractivity contribution in [2.24, 2.45) is 0 Å². The van der Waals surface area contributed by atoms with E-state index in [1.54, 1.807) is 25.2 Å². The van der Waals surface area contributed by atoms with Crippen molar-refractivity contribution in [1.82, 2.24) is 0 Å². The Morgan fingerprint density at radius 3 is 2.83 bits per heavy atom. The van der Waals surface area contributed by atoms with Crippen LogP contribution in [-0.2, 0) is 22.3 Å². The number of fused-ring (bicyclic) bond motifs is 1. The Kier molecular flexibility index (Phi) is 4.23. The topological polar surface area (TPSA) is 58.6 Å². The van der Waals surface area contributed by atoms with Crippen LogP contribution in [-0.4, -0.2) is 17.3 Å². The third kappa shape index (κ3) is 3.16. The van der Waals surface area contributed by atoms with Crippen LogP contribution in [0.15, 0.2) is 41.3 Å². The molecule has 8 heteroatoms. The maximum Gasteiger partial charge on any atom is 0.414 e. The Bertz CT molecular complexity index is 815. The minimum atomic E-state index is -1.58. The van der Waals surface area contributed by atoms with Crippen LogP contribution >= 0.6 is 11.6 Å². The van der Waals surface area contributed by atoms with E-state index in [1.807, 2.05) is 0 Å². The van der Waals surface area contributed by atoms with Crippen molar-refractivity contribution in [3.63, 3.8) is 0 Å². The zero-order valence-electron chi connectivity index (χ0n) is 12.0. The van der Waals surface area contributed by atoms with Gasteiger partial charge in [-0.05, 0) is 30.3 Å². The number of hydrogen-bond acceptors (Lipinski definition) is 3. The lowest BCUT2D eigenvalue weighted by Gasteiger charge is -2.25. The quantitative estimate of drug-likeness (QED) is 0.914. The van der Waals surface area contributed by atoms with Crippen LogP contribution in [0.3, 0.4) is 0 Å². The average molecular weight is 355 g/mol. The molecule has 3 rings (SSSR count). The minimum absolute atomic E-state index is 0.0556. The summed E-state index contributed by atoms with van der Waals surface area (Å²) in [5.74, 6) is -0.545. The Morgan fingerprint density at radius 1 is 1.30 bits per heavy atom. The number of amides is 1. The smallest absolute Gasteiger partial charge is 0.414 e. The number of carbonyl (C=O) groups excluding carboxylic acids is 1. The predicted molar refractivity (Wildman–Crippen MR) is 86.5 cm³/mol. The Morgan fingerprint density at radius 2 is 2.09 bits per heavy atom. The first kappa shape index (κ1) is 15.8. The molecule has 1 amide bonds. The van der Waals surface area contributed by atoms with Gasteiger partial charge in [0.25, 0.3) is 0 Å². The second-order valence-electron chi connectivity index (χ2n) is 4.90. The number of hydrogen-bond donors (Lipinski definition) is 1. The van der Waals surface area contributed by atoms with Gasteiger partial charge in [0.1, 0.15) is 23.4 Å². The summed E-state index contributed by atoms with van der Waals surface area (Å²) >= 11 is 5.70. The summed E-state index contributed by atoms with van der Waals surface area (Å²) in [5.41, 5.74) is 1.91. The van der Waals surface area contributed by atoms with E-state index in [2.05, 4.69) is 4.72 Å². The number of anilines is 2. The first-order chi connectivity index (χ1) is 11.0. The zero-order chi connectivity index (χ0) is 16.6. The lowest BCUT2D eigenvalue weighted by Crippen LogP contribution is -2.32. The van der Waals surface area contributed by atoms with Gasteiger partial charge < -0.3 is 9.46 Å². The van der Waals surface area contributed by atoms with Crippen molar-refractivity contribution in [3.8, 4) is 0 Å². The largest absolute Gasteiger partial charge is 0.444 e. The molecule has 0 radical (unpaired) electrons. The van der Waals surface area contributed by atoms with Crippen molar-refractivity contribution in [3.05, 3.63) is 52.8 Å². The van der Waals surface area contributed by atoms with Crippen molar-refractivity contribution < 1.29 is 18.1 Å². The van der Waals surface area contributed by atoms with Crippen LogP contribution in [0.4, 0.5) is 20.6 Å². The van der Waals surface area contributed by atoms with Gasteiger partial charge in [-0.15, -0.1) is 0 Å². The summed E-state index contributed by atoms with van der Waals surface area (Å²) in [6.45, 7) is 0.187. The van der Waals surface area contributed by atoms with Crippen LogP contribution in [0.2, 0.25) is 5.02 Å². The molecule has 0 fully saturated rings. The molecule has 1 N–H and O–H groups in total. The highest BCUT2D eigenvalue weighted by Crippen LogP contribution is 2.29. The monoisotopic (exact) mass is 354 g/mol. The Hall–Kier alpha value is -2.12. The molecule has 1 aliphatic rings. The molecule has 5 nitrogen and oxygen atoms in total. The van der Waals surface area contributed by atoms with E-state index in [-0.39, 0.29) is 11.6 Å². The summed E-state index contributed by atoms with van der Waals surface area (Å²) < 4.78 is 33.3. The molecule has 0 saturated heterocycles. The van der Waals surface area contributed by atoms with Gasteiger partial charge in [-0.25, -0.2) is 13.4 Å². The maximum absolute atomic E-state index is 13.1. The summed E-state index contributed by atoms with van der Waals surface area (Å²) in [7, 11) is 0.000164. The molecule has 0 bridgehead atoms. The molecule has 0 saturated carbocycles. The third-order valence-electron chi connectivity index (χ3n) is 3.39. The maximum atomic E-state index is 13.1. The fourth-order valence-electron chi connectivity index (χ4n) is 2.15. The lowest BCUT2D eigenvalue weighted by molar-refractivity contribution is 0.143. The van der Waals surface area contributed by atoms with Gasteiger partial charge in [-0.2, -0.15) is 0 Å². The van der Waals surface area contributed by atoms with Gasteiger partial charge in [-0.3, -0.25) is 4.90 Å². The van der Waals surface area contributed by atoms with E-state index in [0.717, 1.165) is 5.56 Å². The highest BCUT2D eigenvalue weighted by atomic mass is 35.5. The van der Waals surface area contributed by atoms with Gasteiger partial charge in [-0.1, -0.05) is 17.7 Å². The highest BCUT2D eigenvalue weighted by Gasteiger charge is 2.23. The first-order valence-corrected chi connectivity index (χ1v) is 8.15. The third-order valence-corrected chi connectivity index (χ3v) is 4.78. The molecule has 2 aromatic rings. The van der Waals surface area contributed by atoms with E-state index >= 15 is 0 Å². The predicted octanol–water partition coefficient (Wildman–Crippen LogP) is 3.70. The van der Waals surface area contributed by atoms with Gasteiger partial charge in [0.2, 0.25) is 0 Å². The van der Waals surface area contributed by atoms with Gasteiger partial charge in [0.05, 0.1) is 15.6 Å². The number of nitrogens with one attached hydrogen (secondary N) is 1. The van der Waals surface area contributed by atoms with Crippen molar-refractivity contribution in [2.75, 3.05) is 16.7 Å². The van der Waals surface area contributed by atoms with Crippen LogP contribution in [0.5, 0.6) is 0 Å². The number of rotatable bonds is 3. The molecule has 0 spiro atoms. The Labute approximate surface area is 139 Å². The summed E-state index contributed by atoms with van der Waals surface area (Å²) in [5, 5.41) is -0.0556. The molecule has 0 aliphatic carbocycles. The fraction of sp³-hybridized carbons (Fsp3) is 0.133. The number of halogens is 2. The summed E-state index contributed by atoms with van der Waals surface area (Å²) in [6.07, 6.45) is -0.460. The number of ether oxygens (including phenoxy) is 1. The molecule has 1 unspecified atom stereocenters. The standard InChI is InChI=1S/C15H12ClFN2O3S/c1-19-14-7-11(4-2-9(14)8-22-15(19)20)23(21)18-10-3-5-13(17)12(16)6-10/h2-7,18H,8H2,1H3. The molecule has 120 valence electrons. The second kappa shape index (κ2) is 6.17. The normalized spacial score (nSPS) is 14.9. The van der Waals surface area contributed by atoms with Crippen molar-refractivity contribution in [2.45, 2.75) is 11.5 Å². The zero-order valence-corrected chi connectivity index (χ0v) is 13.6. The van der Waals surface area contributed by atoms with Gasteiger partial charge in [0, 0.05) is 18.3 Å². The lowest BCUT2D eigenvalue weighted by atomic mass is 10.1. The number of nitrogens with zero attached hydrogens (tertiary/aromatic N) is 1. The summed E-state index contributed by atoms with van der Waals surface area (Å²) in [4.78, 5) is 13.4. The van der Waals surface area contributed by atoms with Crippen LogP contribution in [0.1, 0.15) is 5.56 Å². The van der Waals surface area contributed by atoms with E-state index in [4.69, 9.17) is 16.3 Å². The molecule has 1 atom stereocenters. The second-order valence-corrected chi connectivity index (χ2v) is 6.52. The van der Waals surface area contributed by atoms with Crippen molar-refractivity contribution in [1.29, 1.82) is 0 Å². The number of carbonyl (C=O) groups is 1. The highest BCUT2D eigenvalue weighted by molar-refractivity contribution is 7.86. The molecule has 0 aromatic heterocycles. The SMILES string of the molecule is CN1C(=O)OCc2ccc(S(=O)Nc3ccc(F)c(Cl)c3)cc21. The molecule has 2 aromatic carbocycles. The van der Waals surface area contributed by atoms with Gasteiger partial charge in [0.15, 0.2) is 0 Å². The molecular formula is C15H12ClFN2O3S. The fourth-order valence-corrected chi connectivity index (χ4v) is 3.20. The first-order valence-electron chi connectivity index (χ1n) is 6.62. The van der Waals surface area contributed by atoms with E-state index in [0.29, 0.717) is 16.3 Å². The summed E-state index contributed by atoms with van der Waals surface area (Å²) in [6, 6.07) is 9.09. The minimum Gasteiger partial charge on any atom is -0.444 e. The van der Waals surface area contributed by atoms with Crippen LogP contribution in [0, 0.1) is 5.82 Å². The molecule has 23 heavy (non-hydrogen) atoms. The Balaban J connectivity index is 1.85. The van der Waals surface area contributed by atoms with Crippen molar-refractivity contribution >= 4 is 40.1 Å². The van der Waals surface area contributed by atoms with E-state index in [9.17, 15) is 13.4 Å². The molecule has 1 aliphatic heterocycles.